The molecule has 1 fully saturated rings. The van der Waals surface area contributed by atoms with Crippen LogP contribution in [-0.2, 0) is 10.2 Å². The molecule has 0 unspecified atom stereocenters. The molecule has 0 amide bonds. The smallest absolute Gasteiger partial charge is 0.126 e. The largest absolute Gasteiger partial charge is 0.381 e. The maximum absolute atomic E-state index is 13.5. The first-order valence-electron chi connectivity index (χ1n) is 6.44. The van der Waals surface area contributed by atoms with E-state index >= 15 is 0 Å². The van der Waals surface area contributed by atoms with Crippen molar-refractivity contribution < 1.29 is 9.13 Å². The number of benzene rings is 1. The van der Waals surface area contributed by atoms with Gasteiger partial charge in [-0.2, -0.15) is 5.26 Å². The Morgan fingerprint density at radius 2 is 1.89 bits per heavy atom. The molecule has 1 heterocycles. The summed E-state index contributed by atoms with van der Waals surface area (Å²) in [5.41, 5.74) is 0.831. The summed E-state index contributed by atoms with van der Waals surface area (Å²) in [5, 5.41) is 9.33. The fraction of sp³-hybridized carbons (Fsp3) is 0.533. The Hall–Kier alpha value is -1.40. The maximum Gasteiger partial charge on any atom is 0.126 e. The number of aryl methyl sites for hydroxylation is 1. The van der Waals surface area contributed by atoms with Gasteiger partial charge in [0, 0.05) is 13.2 Å². The van der Waals surface area contributed by atoms with Gasteiger partial charge in [0.1, 0.15) is 5.82 Å². The number of nitrogens with zero attached hydrogens (tertiary/aromatic N) is 1. The lowest BCUT2D eigenvalue weighted by atomic mass is 9.75. The third-order valence-electron chi connectivity index (χ3n) is 3.28. The van der Waals surface area contributed by atoms with Gasteiger partial charge in [-0.05, 0) is 37.0 Å². The molecule has 1 aliphatic heterocycles. The van der Waals surface area contributed by atoms with Gasteiger partial charge in [0.15, 0.2) is 0 Å². The number of hydrogen-bond donors (Lipinski definition) is 0. The first-order chi connectivity index (χ1) is 8.68. The third kappa shape index (κ3) is 2.88. The second kappa shape index (κ2) is 6.51. The summed E-state index contributed by atoms with van der Waals surface area (Å²) in [6.45, 7) is 6.87. The Morgan fingerprint density at radius 1 is 1.28 bits per heavy atom. The molecule has 0 aliphatic carbocycles. The number of halogens is 1. The molecular formula is C15H20FNO. The van der Waals surface area contributed by atoms with Crippen LogP contribution in [0.4, 0.5) is 4.39 Å². The van der Waals surface area contributed by atoms with Crippen LogP contribution in [-0.4, -0.2) is 13.2 Å². The van der Waals surface area contributed by atoms with Gasteiger partial charge < -0.3 is 4.74 Å². The van der Waals surface area contributed by atoms with Crippen molar-refractivity contribution in [2.24, 2.45) is 0 Å². The lowest BCUT2D eigenvalue weighted by Gasteiger charge is -2.31. The summed E-state index contributed by atoms with van der Waals surface area (Å²) in [5.74, 6) is -0.237. The highest BCUT2D eigenvalue weighted by Crippen LogP contribution is 2.34. The van der Waals surface area contributed by atoms with Crippen LogP contribution in [0.5, 0.6) is 0 Å². The van der Waals surface area contributed by atoms with Gasteiger partial charge in [-0.3, -0.25) is 0 Å². The van der Waals surface area contributed by atoms with Crippen molar-refractivity contribution in [1.29, 1.82) is 5.26 Å². The van der Waals surface area contributed by atoms with E-state index in [0.717, 1.165) is 5.56 Å². The Balaban J connectivity index is 0.000000771. The van der Waals surface area contributed by atoms with Crippen molar-refractivity contribution in [3.63, 3.8) is 0 Å². The van der Waals surface area contributed by atoms with E-state index in [0.29, 0.717) is 31.6 Å². The number of rotatable bonds is 1. The van der Waals surface area contributed by atoms with Crippen LogP contribution in [0.2, 0.25) is 0 Å². The third-order valence-corrected chi connectivity index (χ3v) is 3.28. The predicted octanol–water partition coefficient (Wildman–Crippen LogP) is 3.73. The average Bonchev–Trinajstić information content (AvgIpc) is 2.45. The summed E-state index contributed by atoms with van der Waals surface area (Å²) >= 11 is 0. The van der Waals surface area contributed by atoms with E-state index in [-0.39, 0.29) is 5.82 Å². The van der Waals surface area contributed by atoms with E-state index in [9.17, 15) is 9.65 Å². The summed E-state index contributed by atoms with van der Waals surface area (Å²) in [4.78, 5) is 0. The van der Waals surface area contributed by atoms with Crippen molar-refractivity contribution in [2.45, 2.75) is 39.0 Å². The monoisotopic (exact) mass is 249 g/mol. The van der Waals surface area contributed by atoms with E-state index in [1.54, 1.807) is 13.0 Å². The Morgan fingerprint density at radius 3 is 2.39 bits per heavy atom. The molecule has 0 atom stereocenters. The van der Waals surface area contributed by atoms with Crippen molar-refractivity contribution in [3.05, 3.63) is 35.1 Å². The Kier molecular flexibility index (Phi) is 5.30. The summed E-state index contributed by atoms with van der Waals surface area (Å²) in [6, 6.07) is 7.41. The van der Waals surface area contributed by atoms with Crippen LogP contribution in [0.1, 0.15) is 37.8 Å². The van der Waals surface area contributed by atoms with Gasteiger partial charge in [-0.1, -0.05) is 26.0 Å². The van der Waals surface area contributed by atoms with Crippen LogP contribution in [0.15, 0.2) is 18.2 Å². The molecule has 3 heteroatoms. The fourth-order valence-electron chi connectivity index (χ4n) is 2.08. The lowest BCUT2D eigenvalue weighted by molar-refractivity contribution is 0.0674. The molecule has 0 saturated carbocycles. The van der Waals surface area contributed by atoms with Crippen LogP contribution in [0, 0.1) is 24.1 Å². The molecule has 0 N–H and O–H groups in total. The van der Waals surface area contributed by atoms with E-state index in [1.165, 1.54) is 6.07 Å². The van der Waals surface area contributed by atoms with Crippen molar-refractivity contribution in [2.75, 3.05) is 13.2 Å². The molecule has 98 valence electrons. The quantitative estimate of drug-likeness (QED) is 0.759. The van der Waals surface area contributed by atoms with Gasteiger partial charge >= 0.3 is 0 Å². The second-order valence-corrected chi connectivity index (χ2v) is 4.27. The zero-order valence-electron chi connectivity index (χ0n) is 11.3. The molecule has 1 aromatic carbocycles. The number of ether oxygens (including phenoxy) is 1. The number of nitriles is 1. The Labute approximate surface area is 108 Å². The minimum absolute atomic E-state index is 0.237. The van der Waals surface area contributed by atoms with Crippen LogP contribution >= 0.6 is 0 Å². The topological polar surface area (TPSA) is 33.0 Å². The Bertz CT molecular complexity index is 431. The summed E-state index contributed by atoms with van der Waals surface area (Å²) in [6.07, 6.45) is 1.29. The standard InChI is InChI=1S/C13H14FNO.C2H6/c1-10-2-3-11(8-12(10)14)13(9-15)4-6-16-7-5-13;1-2/h2-3,8H,4-7H2,1H3;1-2H3. The molecule has 1 aromatic rings. The SMILES string of the molecule is CC.Cc1ccc(C2(C#N)CCOCC2)cc1F. The van der Waals surface area contributed by atoms with Crippen LogP contribution < -0.4 is 0 Å². The molecule has 0 bridgehead atoms. The highest BCUT2D eigenvalue weighted by atomic mass is 19.1. The predicted molar refractivity (Wildman–Crippen MR) is 69.8 cm³/mol. The minimum atomic E-state index is -0.563. The normalized spacial score (nSPS) is 17.3. The minimum Gasteiger partial charge on any atom is -0.381 e. The lowest BCUT2D eigenvalue weighted by Crippen LogP contribution is -2.32. The first-order valence-corrected chi connectivity index (χ1v) is 6.44. The molecule has 0 radical (unpaired) electrons. The molecule has 0 spiro atoms. The summed E-state index contributed by atoms with van der Waals surface area (Å²) in [7, 11) is 0. The van der Waals surface area contributed by atoms with Gasteiger partial charge in [0.05, 0.1) is 11.5 Å². The molecule has 1 saturated heterocycles. The molecular weight excluding hydrogens is 229 g/mol. The number of hydrogen-bond acceptors (Lipinski definition) is 2. The first kappa shape index (κ1) is 14.7. The molecule has 18 heavy (non-hydrogen) atoms. The second-order valence-electron chi connectivity index (χ2n) is 4.27. The van der Waals surface area contributed by atoms with Crippen LogP contribution in [0.3, 0.4) is 0 Å². The van der Waals surface area contributed by atoms with E-state index in [2.05, 4.69) is 6.07 Å². The van der Waals surface area contributed by atoms with E-state index in [1.807, 2.05) is 19.9 Å². The zero-order valence-corrected chi connectivity index (χ0v) is 11.3. The fourth-order valence-corrected chi connectivity index (χ4v) is 2.08. The van der Waals surface area contributed by atoms with E-state index < -0.39 is 5.41 Å². The van der Waals surface area contributed by atoms with Crippen molar-refractivity contribution in [3.8, 4) is 6.07 Å². The van der Waals surface area contributed by atoms with Gasteiger partial charge in [-0.15, -0.1) is 0 Å². The average molecular weight is 249 g/mol. The zero-order chi connectivity index (χ0) is 13.6. The molecule has 2 nitrogen and oxygen atoms in total. The van der Waals surface area contributed by atoms with E-state index in [4.69, 9.17) is 4.74 Å². The van der Waals surface area contributed by atoms with Crippen molar-refractivity contribution in [1.82, 2.24) is 0 Å². The maximum atomic E-state index is 13.5. The van der Waals surface area contributed by atoms with Gasteiger partial charge in [0.2, 0.25) is 0 Å². The highest BCUT2D eigenvalue weighted by molar-refractivity contribution is 5.35. The molecule has 1 aliphatic rings. The van der Waals surface area contributed by atoms with Crippen molar-refractivity contribution >= 4 is 0 Å². The van der Waals surface area contributed by atoms with Gasteiger partial charge in [-0.25, -0.2) is 4.39 Å². The van der Waals surface area contributed by atoms with Gasteiger partial charge in [0.25, 0.3) is 0 Å². The van der Waals surface area contributed by atoms with Crippen LogP contribution in [0.25, 0.3) is 0 Å². The highest BCUT2D eigenvalue weighted by Gasteiger charge is 2.34. The molecule has 2 rings (SSSR count). The molecule has 0 aromatic heterocycles. The summed E-state index contributed by atoms with van der Waals surface area (Å²) < 4.78 is 18.8.